The van der Waals surface area contributed by atoms with E-state index in [-0.39, 0.29) is 11.1 Å². The molecule has 0 saturated heterocycles. The monoisotopic (exact) mass is 258 g/mol. The first-order valence-electron chi connectivity index (χ1n) is 7.19. The summed E-state index contributed by atoms with van der Waals surface area (Å²) < 4.78 is 5.53. The second-order valence-corrected chi connectivity index (χ2v) is 6.22. The number of hydrogen-bond acceptors (Lipinski definition) is 3. The molecule has 0 aliphatic rings. The zero-order chi connectivity index (χ0) is 14.4. The molecule has 1 N–H and O–H groups in total. The van der Waals surface area contributed by atoms with Crippen molar-refractivity contribution in [2.24, 2.45) is 0 Å². The van der Waals surface area contributed by atoms with Crippen LogP contribution in [0.3, 0.4) is 0 Å². The second-order valence-electron chi connectivity index (χ2n) is 6.22. The summed E-state index contributed by atoms with van der Waals surface area (Å²) >= 11 is 0. The highest BCUT2D eigenvalue weighted by Gasteiger charge is 2.35. The van der Waals surface area contributed by atoms with Crippen molar-refractivity contribution in [3.05, 3.63) is 0 Å². The molecule has 0 aliphatic heterocycles. The zero-order valence-electron chi connectivity index (χ0n) is 13.8. The molecule has 0 aromatic rings. The Balaban J connectivity index is 4.74. The van der Waals surface area contributed by atoms with Gasteiger partial charge in [0.05, 0.1) is 5.60 Å². The number of nitrogens with zero attached hydrogens (tertiary/aromatic N) is 1. The van der Waals surface area contributed by atoms with Crippen molar-refractivity contribution in [2.45, 2.75) is 71.1 Å². The van der Waals surface area contributed by atoms with Crippen LogP contribution in [0.15, 0.2) is 0 Å². The van der Waals surface area contributed by atoms with E-state index in [1.165, 1.54) is 0 Å². The third-order valence-electron chi connectivity index (χ3n) is 4.53. The first-order chi connectivity index (χ1) is 8.23. The molecule has 0 aromatic heterocycles. The summed E-state index contributed by atoms with van der Waals surface area (Å²) in [6, 6.07) is 0.497. The zero-order valence-corrected chi connectivity index (χ0v) is 13.8. The van der Waals surface area contributed by atoms with Crippen LogP contribution in [-0.2, 0) is 4.74 Å². The average molecular weight is 258 g/mol. The summed E-state index contributed by atoms with van der Waals surface area (Å²) in [5, 5.41) is 3.65. The third kappa shape index (κ3) is 4.87. The van der Waals surface area contributed by atoms with Crippen LogP contribution < -0.4 is 5.32 Å². The Kier molecular flexibility index (Phi) is 7.41. The molecule has 0 fully saturated rings. The molecule has 2 unspecified atom stereocenters. The molecule has 0 aliphatic carbocycles. The van der Waals surface area contributed by atoms with Crippen LogP contribution in [0.5, 0.6) is 0 Å². The molecule has 0 aromatic carbocycles. The van der Waals surface area contributed by atoms with Crippen molar-refractivity contribution in [3.8, 4) is 0 Å². The van der Waals surface area contributed by atoms with Gasteiger partial charge in [0.2, 0.25) is 0 Å². The van der Waals surface area contributed by atoms with Gasteiger partial charge in [-0.3, -0.25) is 0 Å². The maximum Gasteiger partial charge on any atom is 0.0623 e. The summed E-state index contributed by atoms with van der Waals surface area (Å²) in [5.74, 6) is 0. The second kappa shape index (κ2) is 7.46. The van der Waals surface area contributed by atoms with Gasteiger partial charge in [0.15, 0.2) is 0 Å². The fourth-order valence-corrected chi connectivity index (χ4v) is 2.35. The molecular formula is C15H34N2O. The standard InChI is InChI=1S/C15H34N2O/c1-9-15(5,17(6)7)13(16-10-2)11-12-14(3,4)18-8/h13,16H,9-12H2,1-8H3. The van der Waals surface area contributed by atoms with E-state index in [1.807, 2.05) is 0 Å². The van der Waals surface area contributed by atoms with Crippen LogP contribution in [0.1, 0.15) is 53.9 Å². The highest BCUT2D eigenvalue weighted by atomic mass is 16.5. The fraction of sp³-hybridized carbons (Fsp3) is 1.00. The lowest BCUT2D eigenvalue weighted by Crippen LogP contribution is -2.57. The minimum Gasteiger partial charge on any atom is -0.379 e. The largest absolute Gasteiger partial charge is 0.379 e. The maximum atomic E-state index is 5.53. The van der Waals surface area contributed by atoms with Crippen LogP contribution in [0, 0.1) is 0 Å². The summed E-state index contributed by atoms with van der Waals surface area (Å²) in [5.41, 5.74) is 0.161. The Morgan fingerprint density at radius 2 is 1.72 bits per heavy atom. The van der Waals surface area contributed by atoms with Gasteiger partial charge in [-0.05, 0) is 60.7 Å². The average Bonchev–Trinajstić information content (AvgIpc) is 2.33. The first-order valence-corrected chi connectivity index (χ1v) is 7.19. The van der Waals surface area contributed by atoms with Crippen LogP contribution in [0.4, 0.5) is 0 Å². The number of ether oxygens (including phenoxy) is 1. The Morgan fingerprint density at radius 1 is 1.17 bits per heavy atom. The van der Waals surface area contributed by atoms with E-state index in [9.17, 15) is 0 Å². The van der Waals surface area contributed by atoms with Crippen LogP contribution in [0.25, 0.3) is 0 Å². The fourth-order valence-electron chi connectivity index (χ4n) is 2.35. The number of rotatable bonds is 9. The van der Waals surface area contributed by atoms with E-state index >= 15 is 0 Å². The van der Waals surface area contributed by atoms with Crippen molar-refractivity contribution in [2.75, 3.05) is 27.7 Å². The lowest BCUT2D eigenvalue weighted by atomic mass is 9.83. The molecule has 2 atom stereocenters. The molecule has 0 heterocycles. The lowest BCUT2D eigenvalue weighted by Gasteiger charge is -2.44. The minimum absolute atomic E-state index is 0.0331. The summed E-state index contributed by atoms with van der Waals surface area (Å²) in [6.45, 7) is 12.1. The Morgan fingerprint density at radius 3 is 2.06 bits per heavy atom. The van der Waals surface area contributed by atoms with Gasteiger partial charge in [-0.15, -0.1) is 0 Å². The Labute approximate surface area is 114 Å². The van der Waals surface area contributed by atoms with Gasteiger partial charge in [0.1, 0.15) is 0 Å². The molecule has 0 bridgehead atoms. The van der Waals surface area contributed by atoms with Gasteiger partial charge in [-0.1, -0.05) is 13.8 Å². The summed E-state index contributed by atoms with van der Waals surface area (Å²) in [4.78, 5) is 2.35. The smallest absolute Gasteiger partial charge is 0.0623 e. The van der Waals surface area contributed by atoms with Gasteiger partial charge >= 0.3 is 0 Å². The van der Waals surface area contributed by atoms with E-state index in [2.05, 4.69) is 58.9 Å². The highest BCUT2D eigenvalue weighted by molar-refractivity contribution is 4.94. The first kappa shape index (κ1) is 17.9. The topological polar surface area (TPSA) is 24.5 Å². The maximum absolute atomic E-state index is 5.53. The number of hydrogen-bond donors (Lipinski definition) is 1. The van der Waals surface area contributed by atoms with E-state index in [0.717, 1.165) is 25.8 Å². The summed E-state index contributed by atoms with van der Waals surface area (Å²) in [6.07, 6.45) is 3.35. The van der Waals surface area contributed by atoms with Crippen LogP contribution in [-0.4, -0.2) is 49.8 Å². The van der Waals surface area contributed by atoms with E-state index in [4.69, 9.17) is 4.74 Å². The van der Waals surface area contributed by atoms with Gasteiger partial charge in [0, 0.05) is 18.7 Å². The number of likely N-dealkylation sites (N-methyl/N-ethyl adjacent to an activating group) is 2. The van der Waals surface area contributed by atoms with E-state index in [1.54, 1.807) is 7.11 Å². The molecule has 0 radical (unpaired) electrons. The molecule has 18 heavy (non-hydrogen) atoms. The molecule has 3 heteroatoms. The van der Waals surface area contributed by atoms with Crippen LogP contribution >= 0.6 is 0 Å². The third-order valence-corrected chi connectivity index (χ3v) is 4.53. The van der Waals surface area contributed by atoms with E-state index < -0.39 is 0 Å². The van der Waals surface area contributed by atoms with Gasteiger partial charge in [-0.2, -0.15) is 0 Å². The number of methoxy groups -OCH3 is 1. The minimum atomic E-state index is -0.0331. The van der Waals surface area contributed by atoms with Crippen molar-refractivity contribution < 1.29 is 4.74 Å². The Bertz CT molecular complexity index is 229. The summed E-state index contributed by atoms with van der Waals surface area (Å²) in [7, 11) is 6.15. The quantitative estimate of drug-likeness (QED) is 0.688. The predicted molar refractivity (Wildman–Crippen MR) is 80.2 cm³/mol. The highest BCUT2D eigenvalue weighted by Crippen LogP contribution is 2.27. The molecule has 0 amide bonds. The Hall–Kier alpha value is -0.120. The number of nitrogens with one attached hydrogen (secondary N) is 1. The lowest BCUT2D eigenvalue weighted by molar-refractivity contribution is 0.00459. The van der Waals surface area contributed by atoms with Gasteiger partial charge in [-0.25, -0.2) is 0 Å². The van der Waals surface area contributed by atoms with E-state index in [0.29, 0.717) is 6.04 Å². The molecule has 110 valence electrons. The van der Waals surface area contributed by atoms with Crippen molar-refractivity contribution >= 4 is 0 Å². The van der Waals surface area contributed by atoms with Crippen molar-refractivity contribution in [3.63, 3.8) is 0 Å². The normalized spacial score (nSPS) is 17.8. The molecule has 0 spiro atoms. The predicted octanol–water partition coefficient (Wildman–Crippen LogP) is 2.90. The van der Waals surface area contributed by atoms with Crippen molar-refractivity contribution in [1.82, 2.24) is 10.2 Å². The van der Waals surface area contributed by atoms with Gasteiger partial charge in [0.25, 0.3) is 0 Å². The van der Waals surface area contributed by atoms with Crippen molar-refractivity contribution in [1.29, 1.82) is 0 Å². The molecule has 3 nitrogen and oxygen atoms in total. The van der Waals surface area contributed by atoms with Gasteiger partial charge < -0.3 is 15.0 Å². The molecular weight excluding hydrogens is 224 g/mol. The molecule has 0 saturated carbocycles. The van der Waals surface area contributed by atoms with Crippen LogP contribution in [0.2, 0.25) is 0 Å². The SMILES string of the molecule is CCNC(CCC(C)(C)OC)C(C)(CC)N(C)C. The molecule has 0 rings (SSSR count).